The number of likely N-dealkylation sites (tertiary alicyclic amines) is 1. The van der Waals surface area contributed by atoms with Gasteiger partial charge < -0.3 is 20.3 Å². The number of fused-ring (bicyclic) bond motifs is 1. The lowest BCUT2D eigenvalue weighted by atomic mass is 9.97. The summed E-state index contributed by atoms with van der Waals surface area (Å²) in [4.78, 5) is 27.1. The van der Waals surface area contributed by atoms with Gasteiger partial charge in [0.2, 0.25) is 15.9 Å². The Balaban J connectivity index is 1.32. The Hall–Kier alpha value is -2.17. The van der Waals surface area contributed by atoms with Crippen LogP contribution in [0, 0.1) is 12.8 Å². The summed E-state index contributed by atoms with van der Waals surface area (Å²) in [7, 11) is -3.74. The number of carbonyl (C=O) groups is 2. The van der Waals surface area contributed by atoms with Gasteiger partial charge in [0, 0.05) is 38.2 Å². The second-order valence-electron chi connectivity index (χ2n) is 9.59. The number of rotatable bonds is 6. The molecule has 0 aliphatic carbocycles. The van der Waals surface area contributed by atoms with Crippen molar-refractivity contribution in [3.8, 4) is 5.75 Å². The van der Waals surface area contributed by atoms with Crippen LogP contribution in [-0.4, -0.2) is 74.8 Å². The van der Waals surface area contributed by atoms with E-state index in [1.807, 2.05) is 0 Å². The number of hydrogen-bond donors (Lipinski definition) is 2. The van der Waals surface area contributed by atoms with Crippen LogP contribution in [0.3, 0.4) is 0 Å². The number of ether oxygens (including phenoxy) is 1. The van der Waals surface area contributed by atoms with E-state index < -0.39 is 16.1 Å². The molecule has 0 bridgehead atoms. The minimum atomic E-state index is -3.74. The van der Waals surface area contributed by atoms with Gasteiger partial charge in [0.1, 0.15) is 5.75 Å². The van der Waals surface area contributed by atoms with Gasteiger partial charge in [-0.05, 0) is 64.3 Å². The fraction of sp³-hybridized carbons (Fsp3) is 0.667. The van der Waals surface area contributed by atoms with Gasteiger partial charge in [0.25, 0.3) is 5.91 Å². The molecule has 2 saturated heterocycles. The monoisotopic (exact) mass is 492 g/mol. The van der Waals surface area contributed by atoms with Crippen molar-refractivity contribution in [3.63, 3.8) is 0 Å². The molecule has 3 heterocycles. The van der Waals surface area contributed by atoms with E-state index in [0.717, 1.165) is 19.6 Å². The van der Waals surface area contributed by atoms with E-state index in [1.165, 1.54) is 36.1 Å². The number of carbonyl (C=O) groups excluding carboxylic acids is 2. The highest BCUT2D eigenvalue weighted by molar-refractivity contribution is 7.89. The highest BCUT2D eigenvalue weighted by Gasteiger charge is 2.34. The van der Waals surface area contributed by atoms with Crippen LogP contribution in [0.4, 0.5) is 5.69 Å². The van der Waals surface area contributed by atoms with Crippen LogP contribution in [0.15, 0.2) is 17.0 Å². The maximum Gasteiger partial charge on any atom is 0.265 e. The quantitative estimate of drug-likeness (QED) is 0.630. The largest absolute Gasteiger partial charge is 0.479 e. The van der Waals surface area contributed by atoms with Crippen molar-refractivity contribution in [3.05, 3.63) is 17.7 Å². The zero-order chi connectivity index (χ0) is 24.3. The summed E-state index contributed by atoms with van der Waals surface area (Å²) in [6.07, 6.45) is 5.36. The first-order valence-electron chi connectivity index (χ1n) is 12.4. The number of aryl methyl sites for hydroxylation is 1. The summed E-state index contributed by atoms with van der Waals surface area (Å²) < 4.78 is 33.8. The maximum absolute atomic E-state index is 13.4. The van der Waals surface area contributed by atoms with Gasteiger partial charge in [-0.15, -0.1) is 0 Å². The molecule has 1 atom stereocenters. The first-order valence-corrected chi connectivity index (χ1v) is 13.8. The molecule has 188 valence electrons. The summed E-state index contributed by atoms with van der Waals surface area (Å²) in [5.41, 5.74) is 1.03. The molecule has 4 rings (SSSR count). The molecule has 0 spiro atoms. The highest BCUT2D eigenvalue weighted by atomic mass is 32.2. The van der Waals surface area contributed by atoms with E-state index in [1.54, 1.807) is 19.9 Å². The molecule has 2 N–H and O–H groups in total. The molecular weight excluding hydrogens is 456 g/mol. The predicted octanol–water partition coefficient (Wildman–Crippen LogP) is 2.11. The molecule has 0 saturated carbocycles. The van der Waals surface area contributed by atoms with E-state index in [0.29, 0.717) is 49.5 Å². The van der Waals surface area contributed by atoms with Crippen molar-refractivity contribution in [2.75, 3.05) is 44.6 Å². The van der Waals surface area contributed by atoms with Crippen LogP contribution in [0.25, 0.3) is 0 Å². The Morgan fingerprint density at radius 2 is 1.79 bits per heavy atom. The van der Waals surface area contributed by atoms with Crippen LogP contribution < -0.4 is 15.4 Å². The lowest BCUT2D eigenvalue weighted by Crippen LogP contribution is -2.44. The summed E-state index contributed by atoms with van der Waals surface area (Å²) >= 11 is 0. The third-order valence-corrected chi connectivity index (χ3v) is 9.12. The molecule has 1 aromatic carbocycles. The Labute approximate surface area is 202 Å². The molecule has 1 aromatic rings. The summed E-state index contributed by atoms with van der Waals surface area (Å²) in [5, 5.41) is 5.80. The van der Waals surface area contributed by atoms with E-state index in [9.17, 15) is 18.0 Å². The SMILES string of the molecule is Cc1cc2c(cc1S(=O)(=O)N1CCC(C(=O)NCCN3CCCCCC3)CC1)OC(C)C(=O)N2. The van der Waals surface area contributed by atoms with Gasteiger partial charge in [-0.25, -0.2) is 8.42 Å². The topological polar surface area (TPSA) is 108 Å². The number of sulfonamides is 1. The van der Waals surface area contributed by atoms with Crippen molar-refractivity contribution < 1.29 is 22.7 Å². The normalized spacial score (nSPS) is 22.9. The summed E-state index contributed by atoms with van der Waals surface area (Å²) in [5.74, 6) is -0.0428. The third kappa shape index (κ3) is 5.55. The van der Waals surface area contributed by atoms with Gasteiger partial charge in [0.05, 0.1) is 10.6 Å². The Bertz CT molecular complexity index is 1010. The Kier molecular flexibility index (Phi) is 7.79. The number of nitrogens with zero attached hydrogens (tertiary/aromatic N) is 2. The van der Waals surface area contributed by atoms with Crippen molar-refractivity contribution in [1.82, 2.24) is 14.5 Å². The van der Waals surface area contributed by atoms with Crippen LogP contribution in [0.1, 0.15) is 51.0 Å². The standard InChI is InChI=1S/C24H36N4O5S/c1-17-15-20-21(33-18(2)23(29)26-20)16-22(17)34(31,32)28-12-7-19(8-13-28)24(30)25-9-14-27-10-5-3-4-6-11-27/h15-16,18-19H,3-14H2,1-2H3,(H,25,30)(H,26,29). The van der Waals surface area contributed by atoms with Gasteiger partial charge in [0.15, 0.2) is 6.10 Å². The van der Waals surface area contributed by atoms with Crippen LogP contribution >= 0.6 is 0 Å². The second kappa shape index (κ2) is 10.6. The average molecular weight is 493 g/mol. The van der Waals surface area contributed by atoms with Gasteiger partial charge in [-0.1, -0.05) is 12.8 Å². The lowest BCUT2D eigenvalue weighted by Gasteiger charge is -2.32. The number of piperidine rings is 1. The number of hydrogen-bond acceptors (Lipinski definition) is 6. The Morgan fingerprint density at radius 3 is 2.47 bits per heavy atom. The molecule has 2 amide bonds. The van der Waals surface area contributed by atoms with Crippen LogP contribution in [0.2, 0.25) is 0 Å². The first kappa shape index (κ1) is 24.9. The fourth-order valence-corrected chi connectivity index (χ4v) is 6.65. The highest BCUT2D eigenvalue weighted by Crippen LogP contribution is 2.36. The van der Waals surface area contributed by atoms with Crippen molar-refractivity contribution in [1.29, 1.82) is 0 Å². The molecule has 9 nitrogen and oxygen atoms in total. The third-order valence-electron chi connectivity index (χ3n) is 7.08. The number of amides is 2. The van der Waals surface area contributed by atoms with E-state index in [2.05, 4.69) is 15.5 Å². The minimum Gasteiger partial charge on any atom is -0.479 e. The van der Waals surface area contributed by atoms with E-state index in [-0.39, 0.29) is 22.6 Å². The average Bonchev–Trinajstić information content (AvgIpc) is 3.08. The molecular formula is C24H36N4O5S. The zero-order valence-electron chi connectivity index (χ0n) is 20.1. The smallest absolute Gasteiger partial charge is 0.265 e. The van der Waals surface area contributed by atoms with Crippen LogP contribution in [-0.2, 0) is 19.6 Å². The fourth-order valence-electron chi connectivity index (χ4n) is 4.96. The molecule has 0 aromatic heterocycles. The van der Waals surface area contributed by atoms with E-state index >= 15 is 0 Å². The van der Waals surface area contributed by atoms with Gasteiger partial charge in [-0.2, -0.15) is 4.31 Å². The zero-order valence-corrected chi connectivity index (χ0v) is 21.0. The number of benzene rings is 1. The van der Waals surface area contributed by atoms with Crippen molar-refractivity contribution in [2.24, 2.45) is 5.92 Å². The van der Waals surface area contributed by atoms with Gasteiger partial charge >= 0.3 is 0 Å². The minimum absolute atomic E-state index is 0.0231. The molecule has 1 unspecified atom stereocenters. The predicted molar refractivity (Wildman–Crippen MR) is 129 cm³/mol. The first-order chi connectivity index (χ1) is 16.3. The molecule has 10 heteroatoms. The maximum atomic E-state index is 13.4. The van der Waals surface area contributed by atoms with Crippen molar-refractivity contribution in [2.45, 2.75) is 63.4 Å². The van der Waals surface area contributed by atoms with Crippen LogP contribution in [0.5, 0.6) is 5.75 Å². The lowest BCUT2D eigenvalue weighted by molar-refractivity contribution is -0.126. The Morgan fingerprint density at radius 1 is 1.12 bits per heavy atom. The van der Waals surface area contributed by atoms with Crippen molar-refractivity contribution >= 4 is 27.5 Å². The number of anilines is 1. The number of nitrogens with one attached hydrogen (secondary N) is 2. The van der Waals surface area contributed by atoms with E-state index in [4.69, 9.17) is 4.74 Å². The summed E-state index contributed by atoms with van der Waals surface area (Å²) in [6, 6.07) is 3.13. The summed E-state index contributed by atoms with van der Waals surface area (Å²) in [6.45, 7) is 7.65. The molecule has 3 aliphatic heterocycles. The molecule has 2 fully saturated rings. The molecule has 34 heavy (non-hydrogen) atoms. The second-order valence-corrected chi connectivity index (χ2v) is 11.5. The molecule has 3 aliphatic rings. The molecule has 0 radical (unpaired) electrons. The van der Waals surface area contributed by atoms with Gasteiger partial charge in [-0.3, -0.25) is 9.59 Å².